The number of ketones is 1. The summed E-state index contributed by atoms with van der Waals surface area (Å²) in [5.41, 5.74) is -0.252. The number of hydrogen-bond acceptors (Lipinski definition) is 6. The normalized spacial score (nSPS) is 10.9. The minimum Gasteiger partial charge on any atom is -0.508 e. The van der Waals surface area contributed by atoms with Crippen molar-refractivity contribution in [2.45, 2.75) is 6.54 Å². The minimum absolute atomic E-state index is 0.0464. The van der Waals surface area contributed by atoms with E-state index in [1.807, 2.05) is 0 Å². The van der Waals surface area contributed by atoms with Crippen molar-refractivity contribution in [3.05, 3.63) is 51.9 Å². The smallest absolute Gasteiger partial charge is 0.262 e. The average Bonchev–Trinajstić information content (AvgIpc) is 2.91. The molecule has 0 fully saturated rings. The minimum atomic E-state index is -0.439. The molecule has 2 N–H and O–H groups in total. The Morgan fingerprint density at radius 1 is 1.29 bits per heavy atom. The number of carbonyl (C=O) groups excluding carboxylic acids is 1. The van der Waals surface area contributed by atoms with Crippen molar-refractivity contribution in [3.8, 4) is 11.5 Å². The summed E-state index contributed by atoms with van der Waals surface area (Å²) < 4.78 is 1.20. The van der Waals surface area contributed by atoms with Crippen LogP contribution in [0, 0.1) is 0 Å². The fourth-order valence-electron chi connectivity index (χ4n) is 2.00. The Labute approximate surface area is 122 Å². The third kappa shape index (κ3) is 2.38. The first-order valence-corrected chi connectivity index (χ1v) is 6.92. The number of phenolic OH excluding ortho intramolecular Hbond substituents is 2. The molecule has 1 aromatic carbocycles. The van der Waals surface area contributed by atoms with Crippen LogP contribution in [0.3, 0.4) is 0 Å². The van der Waals surface area contributed by atoms with Gasteiger partial charge in [-0.25, -0.2) is 4.98 Å². The first kappa shape index (κ1) is 13.3. The Morgan fingerprint density at radius 3 is 2.86 bits per heavy atom. The molecule has 21 heavy (non-hydrogen) atoms. The lowest BCUT2D eigenvalue weighted by Crippen LogP contribution is -2.24. The van der Waals surface area contributed by atoms with Crippen LogP contribution < -0.4 is 5.56 Å². The Balaban J connectivity index is 1.96. The molecule has 0 aliphatic carbocycles. The fourth-order valence-corrected chi connectivity index (χ4v) is 2.72. The van der Waals surface area contributed by atoms with E-state index in [0.717, 1.165) is 6.07 Å². The number of Topliss-reactive ketones (excluding diaryl/α,β-unsaturated/α-hetero) is 1. The molecule has 3 rings (SSSR count). The van der Waals surface area contributed by atoms with Gasteiger partial charge in [0.25, 0.3) is 5.56 Å². The number of phenols is 2. The van der Waals surface area contributed by atoms with E-state index >= 15 is 0 Å². The molecular weight excluding hydrogens is 292 g/mol. The summed E-state index contributed by atoms with van der Waals surface area (Å²) in [4.78, 5) is 29.1. The van der Waals surface area contributed by atoms with Crippen LogP contribution in [0.15, 0.2) is 40.8 Å². The van der Waals surface area contributed by atoms with Crippen LogP contribution in [0.2, 0.25) is 0 Å². The van der Waals surface area contributed by atoms with Crippen LogP contribution >= 0.6 is 11.3 Å². The Bertz CT molecular complexity index is 897. The Morgan fingerprint density at radius 2 is 2.10 bits per heavy atom. The summed E-state index contributed by atoms with van der Waals surface area (Å²) in [6, 6.07) is 5.36. The Hall–Kier alpha value is -2.67. The molecule has 0 saturated carbocycles. The number of hydrogen-bond donors (Lipinski definition) is 2. The molecule has 0 amide bonds. The van der Waals surface area contributed by atoms with Gasteiger partial charge in [0.2, 0.25) is 0 Å². The van der Waals surface area contributed by atoms with Gasteiger partial charge in [-0.05, 0) is 23.6 Å². The van der Waals surface area contributed by atoms with E-state index in [9.17, 15) is 19.8 Å². The second kappa shape index (κ2) is 5.02. The number of nitrogens with zero attached hydrogens (tertiary/aromatic N) is 2. The summed E-state index contributed by atoms with van der Waals surface area (Å²) >= 11 is 1.35. The molecule has 7 heteroatoms. The predicted molar refractivity (Wildman–Crippen MR) is 78.0 cm³/mol. The first-order chi connectivity index (χ1) is 10.1. The summed E-state index contributed by atoms with van der Waals surface area (Å²) in [7, 11) is 0. The van der Waals surface area contributed by atoms with E-state index < -0.39 is 5.78 Å². The maximum absolute atomic E-state index is 12.2. The number of aromatic hydroxyl groups is 2. The van der Waals surface area contributed by atoms with Crippen LogP contribution in [0.4, 0.5) is 0 Å². The average molecular weight is 302 g/mol. The fraction of sp³-hybridized carbons (Fsp3) is 0.0714. The summed E-state index contributed by atoms with van der Waals surface area (Å²) in [6.45, 7) is -0.226. The maximum Gasteiger partial charge on any atom is 0.262 e. The highest BCUT2D eigenvalue weighted by molar-refractivity contribution is 7.16. The first-order valence-electron chi connectivity index (χ1n) is 6.04. The third-order valence-corrected chi connectivity index (χ3v) is 3.87. The van der Waals surface area contributed by atoms with Gasteiger partial charge in [0.1, 0.15) is 16.3 Å². The summed E-state index contributed by atoms with van der Waals surface area (Å²) in [5.74, 6) is -0.897. The Kier molecular flexibility index (Phi) is 3.19. The van der Waals surface area contributed by atoms with E-state index in [4.69, 9.17) is 0 Å². The van der Waals surface area contributed by atoms with Gasteiger partial charge in [0, 0.05) is 6.07 Å². The zero-order valence-electron chi connectivity index (χ0n) is 10.7. The van der Waals surface area contributed by atoms with Crippen molar-refractivity contribution in [1.82, 2.24) is 9.55 Å². The number of benzene rings is 1. The monoisotopic (exact) mass is 302 g/mol. The number of aromatic nitrogens is 2. The molecule has 0 unspecified atom stereocenters. The van der Waals surface area contributed by atoms with Gasteiger partial charge in [-0.1, -0.05) is 0 Å². The van der Waals surface area contributed by atoms with Crippen molar-refractivity contribution in [3.63, 3.8) is 0 Å². The van der Waals surface area contributed by atoms with Gasteiger partial charge in [-0.3, -0.25) is 14.2 Å². The van der Waals surface area contributed by atoms with Gasteiger partial charge in [0.05, 0.1) is 23.8 Å². The molecule has 0 aliphatic heterocycles. The zero-order chi connectivity index (χ0) is 15.0. The number of carbonyl (C=O) groups is 1. The van der Waals surface area contributed by atoms with E-state index in [1.165, 1.54) is 34.4 Å². The molecule has 6 nitrogen and oxygen atoms in total. The van der Waals surface area contributed by atoms with Gasteiger partial charge >= 0.3 is 0 Å². The van der Waals surface area contributed by atoms with Crippen LogP contribution in [0.25, 0.3) is 10.2 Å². The summed E-state index contributed by atoms with van der Waals surface area (Å²) in [6.07, 6.45) is 1.32. The van der Waals surface area contributed by atoms with E-state index in [1.54, 1.807) is 11.4 Å². The molecule has 2 heterocycles. The largest absolute Gasteiger partial charge is 0.508 e. The molecular formula is C14H10N2O4S. The van der Waals surface area contributed by atoms with Crippen molar-refractivity contribution in [2.24, 2.45) is 0 Å². The quantitative estimate of drug-likeness (QED) is 0.719. The van der Waals surface area contributed by atoms with E-state index in [-0.39, 0.29) is 29.2 Å². The predicted octanol–water partition coefficient (Wildman–Crippen LogP) is 1.75. The second-order valence-corrected chi connectivity index (χ2v) is 5.34. The van der Waals surface area contributed by atoms with Crippen molar-refractivity contribution in [2.75, 3.05) is 0 Å². The second-order valence-electron chi connectivity index (χ2n) is 4.44. The number of fused-ring (bicyclic) bond motifs is 1. The zero-order valence-corrected chi connectivity index (χ0v) is 11.5. The molecule has 0 atom stereocenters. The molecule has 0 spiro atoms. The SMILES string of the molecule is O=C(Cn1cnc2sccc2c1=O)c1ccc(O)cc1O. The lowest BCUT2D eigenvalue weighted by atomic mass is 10.1. The number of rotatable bonds is 3. The highest BCUT2D eigenvalue weighted by Gasteiger charge is 2.14. The number of thiophene rings is 1. The molecule has 0 aliphatic rings. The van der Waals surface area contributed by atoms with Crippen molar-refractivity contribution in [1.29, 1.82) is 0 Å². The highest BCUT2D eigenvalue weighted by Crippen LogP contribution is 2.23. The van der Waals surface area contributed by atoms with Gasteiger partial charge < -0.3 is 10.2 Å². The standard InChI is InChI=1S/C14H10N2O4S/c17-8-1-2-9(11(18)5-8)12(19)6-16-7-15-13-10(14(16)20)3-4-21-13/h1-5,7,17-18H,6H2. The van der Waals surface area contributed by atoms with Crippen molar-refractivity contribution >= 4 is 27.3 Å². The van der Waals surface area contributed by atoms with E-state index in [2.05, 4.69) is 4.98 Å². The maximum atomic E-state index is 12.2. The lowest BCUT2D eigenvalue weighted by molar-refractivity contribution is 0.0968. The van der Waals surface area contributed by atoms with Crippen molar-refractivity contribution < 1.29 is 15.0 Å². The molecule has 2 aromatic heterocycles. The van der Waals surface area contributed by atoms with Gasteiger partial charge in [-0.15, -0.1) is 11.3 Å². The summed E-state index contributed by atoms with van der Waals surface area (Å²) in [5, 5.41) is 21.1. The topological polar surface area (TPSA) is 92.4 Å². The van der Waals surface area contributed by atoms with Crippen LogP contribution in [0.5, 0.6) is 11.5 Å². The van der Waals surface area contributed by atoms with Crippen LogP contribution in [0.1, 0.15) is 10.4 Å². The van der Waals surface area contributed by atoms with E-state index in [0.29, 0.717) is 10.2 Å². The van der Waals surface area contributed by atoms with Crippen LogP contribution in [-0.2, 0) is 6.54 Å². The molecule has 3 aromatic rings. The van der Waals surface area contributed by atoms with Gasteiger partial charge in [0.15, 0.2) is 5.78 Å². The molecule has 106 valence electrons. The third-order valence-electron chi connectivity index (χ3n) is 3.05. The molecule has 0 radical (unpaired) electrons. The highest BCUT2D eigenvalue weighted by atomic mass is 32.1. The molecule has 0 saturated heterocycles. The van der Waals surface area contributed by atoms with Crippen LogP contribution in [-0.4, -0.2) is 25.5 Å². The van der Waals surface area contributed by atoms with Gasteiger partial charge in [-0.2, -0.15) is 0 Å². The lowest BCUT2D eigenvalue weighted by Gasteiger charge is -2.06. The molecule has 0 bridgehead atoms.